The van der Waals surface area contributed by atoms with Gasteiger partial charge in [0, 0.05) is 37.6 Å². The Bertz CT molecular complexity index is 2620. The number of hydrogen-bond acceptors (Lipinski definition) is 12. The normalized spacial score (nSPS) is 14.7. The molecule has 4 aromatic heterocycles. The van der Waals surface area contributed by atoms with Crippen LogP contribution in [0.4, 0.5) is 11.4 Å². The molecule has 2 aliphatic heterocycles. The predicted molar refractivity (Wildman–Crippen MR) is 179 cm³/mol. The van der Waals surface area contributed by atoms with Crippen molar-refractivity contribution in [3.8, 4) is 34.3 Å². The van der Waals surface area contributed by atoms with Crippen molar-refractivity contribution < 1.29 is 25.7 Å². The number of sulfonamides is 2. The first kappa shape index (κ1) is 32.2. The Morgan fingerprint density at radius 1 is 0.520 bits per heavy atom. The summed E-state index contributed by atoms with van der Waals surface area (Å²) in [7, 11) is -5.37. The molecule has 0 unspecified atom stereocenters. The van der Waals surface area contributed by atoms with E-state index < -0.39 is 42.7 Å². The topological polar surface area (TPSA) is 205 Å². The van der Waals surface area contributed by atoms with Gasteiger partial charge in [-0.05, 0) is 48.5 Å². The zero-order valence-corrected chi connectivity index (χ0v) is 27.5. The fourth-order valence-corrected chi connectivity index (χ4v) is 8.29. The fourth-order valence-electron chi connectivity index (χ4n) is 5.52. The van der Waals surface area contributed by atoms with E-state index in [1.165, 1.54) is 62.9 Å². The molecule has 0 saturated heterocycles. The van der Waals surface area contributed by atoms with Crippen molar-refractivity contribution in [2.45, 2.75) is 9.79 Å². The van der Waals surface area contributed by atoms with E-state index in [1.807, 2.05) is 0 Å². The van der Waals surface area contributed by atoms with Gasteiger partial charge in [0.1, 0.15) is 11.6 Å². The molecule has 2 aliphatic rings. The highest BCUT2D eigenvalue weighted by molar-refractivity contribution is 7.93. The summed E-state index contributed by atoms with van der Waals surface area (Å²) in [4.78, 5) is 58.4. The number of aromatic nitrogens is 4. The van der Waals surface area contributed by atoms with Crippen molar-refractivity contribution in [3.63, 3.8) is 0 Å². The molecule has 0 bridgehead atoms. The third kappa shape index (κ3) is 4.79. The minimum Gasteiger partial charge on any atom is -0.406 e. The molecule has 0 N–H and O–H groups in total. The van der Waals surface area contributed by atoms with E-state index >= 15 is 0 Å². The van der Waals surface area contributed by atoms with Crippen molar-refractivity contribution in [1.82, 2.24) is 19.1 Å². The van der Waals surface area contributed by atoms with Gasteiger partial charge in [0.15, 0.2) is 22.9 Å². The molecule has 0 saturated carbocycles. The maximum Gasteiger partial charge on any atom is 0.428 e. The van der Waals surface area contributed by atoms with E-state index in [2.05, 4.69) is 9.97 Å². The molecule has 6 aromatic rings. The van der Waals surface area contributed by atoms with E-state index in [4.69, 9.17) is 8.83 Å². The van der Waals surface area contributed by atoms with Crippen LogP contribution in [-0.2, 0) is 20.0 Å². The monoisotopic (exact) mass is 714 g/mol. The molecule has 0 amide bonds. The van der Waals surface area contributed by atoms with Gasteiger partial charge in [0.05, 0.1) is 9.79 Å². The Hall–Kier alpha value is -6.40. The zero-order chi connectivity index (χ0) is 35.5. The Morgan fingerprint density at radius 2 is 0.880 bits per heavy atom. The average Bonchev–Trinajstić information content (AvgIpc) is 3.11. The van der Waals surface area contributed by atoms with Crippen LogP contribution >= 0.6 is 0 Å². The summed E-state index contributed by atoms with van der Waals surface area (Å²) in [5.74, 6) is -1.93. The van der Waals surface area contributed by atoms with E-state index in [1.54, 1.807) is 48.5 Å². The Labute approximate surface area is 281 Å². The summed E-state index contributed by atoms with van der Waals surface area (Å²) < 4.78 is 64.5. The molecule has 252 valence electrons. The van der Waals surface area contributed by atoms with Crippen molar-refractivity contribution in [2.24, 2.45) is 0 Å². The minimum atomic E-state index is -3.93. The highest BCUT2D eigenvalue weighted by Crippen LogP contribution is 2.40. The summed E-state index contributed by atoms with van der Waals surface area (Å²) >= 11 is 0. The van der Waals surface area contributed by atoms with Crippen molar-refractivity contribution in [3.05, 3.63) is 139 Å². The molecule has 2 aromatic carbocycles. The zero-order valence-electron chi connectivity index (χ0n) is 25.8. The minimum absolute atomic E-state index is 0.0249. The lowest BCUT2D eigenvalue weighted by molar-refractivity contribution is 0.467. The van der Waals surface area contributed by atoms with Gasteiger partial charge >= 0.3 is 11.5 Å². The third-order valence-corrected chi connectivity index (χ3v) is 11.5. The molecule has 6 heterocycles. The second-order valence-electron chi connectivity index (χ2n) is 10.7. The number of fused-ring (bicyclic) bond motifs is 6. The van der Waals surface area contributed by atoms with Crippen LogP contribution in [0, 0.1) is 0 Å². The molecule has 8 rings (SSSR count). The van der Waals surface area contributed by atoms with Crippen LogP contribution in [0.2, 0.25) is 0 Å². The molecular formula is C32H22N6O10S2. The number of hydrogen-bond donors (Lipinski definition) is 0. The van der Waals surface area contributed by atoms with E-state index in [-0.39, 0.29) is 55.4 Å². The lowest BCUT2D eigenvalue weighted by Gasteiger charge is -2.26. The third-order valence-electron chi connectivity index (χ3n) is 7.91. The molecule has 0 radical (unpaired) electrons. The number of rotatable bonds is 2. The fraction of sp³-hybridized carbons (Fsp3) is 0.0625. The van der Waals surface area contributed by atoms with Crippen LogP contribution in [0.5, 0.6) is 0 Å². The summed E-state index contributed by atoms with van der Waals surface area (Å²) in [5, 5.41) is 0. The van der Waals surface area contributed by atoms with Gasteiger partial charge in [0.2, 0.25) is 0 Å². The molecule has 0 fully saturated rings. The molecule has 0 atom stereocenters. The van der Waals surface area contributed by atoms with Crippen molar-refractivity contribution in [1.29, 1.82) is 0 Å². The second kappa shape index (κ2) is 11.6. The van der Waals surface area contributed by atoms with Gasteiger partial charge in [-0.1, -0.05) is 36.4 Å². The Kier molecular flexibility index (Phi) is 7.48. The van der Waals surface area contributed by atoms with E-state index in [0.29, 0.717) is 9.13 Å². The summed E-state index contributed by atoms with van der Waals surface area (Å²) in [5.41, 5.74) is -1.74. The molecular weight excluding hydrogens is 693 g/mol. The number of nitrogens with zero attached hydrogens (tertiary/aromatic N) is 6. The van der Waals surface area contributed by atoms with Crippen LogP contribution in [0.25, 0.3) is 34.3 Å². The highest BCUT2D eigenvalue weighted by Gasteiger charge is 2.39. The van der Waals surface area contributed by atoms with Crippen LogP contribution in [0.1, 0.15) is 0 Å². The standard InChI is InChI=1S/2C16H11N3O5S/c2*1-18-13-14(10-6-2-3-7-11(10)25(18,22)23)24-16(21)19(15(13)20)12-8-4-5-9-17-12/h2*2-9H,1H3. The smallest absolute Gasteiger partial charge is 0.406 e. The summed E-state index contributed by atoms with van der Waals surface area (Å²) in [6, 6.07) is 21.5. The SMILES string of the molecule is CN1c2c(oc(=O)n(-c3ccccn3)c2=O)-c2ccccc2S1(=O)=O.CN1c2c(oc(=O)n(-c3ccccn3)c2=O)-c2ccccc2S1(=O)=O. The lowest BCUT2D eigenvalue weighted by Crippen LogP contribution is -2.41. The van der Waals surface area contributed by atoms with Crippen LogP contribution < -0.4 is 31.2 Å². The second-order valence-corrected chi connectivity index (χ2v) is 14.6. The van der Waals surface area contributed by atoms with Crippen LogP contribution in [0.3, 0.4) is 0 Å². The van der Waals surface area contributed by atoms with E-state index in [0.717, 1.165) is 8.61 Å². The maximum absolute atomic E-state index is 12.9. The van der Waals surface area contributed by atoms with Crippen molar-refractivity contribution in [2.75, 3.05) is 22.7 Å². The van der Waals surface area contributed by atoms with E-state index in [9.17, 15) is 36.0 Å². The first-order valence-corrected chi connectivity index (χ1v) is 17.3. The summed E-state index contributed by atoms with van der Waals surface area (Å²) in [6.45, 7) is 0. The lowest BCUT2D eigenvalue weighted by atomic mass is 10.1. The van der Waals surface area contributed by atoms with Gasteiger partial charge in [-0.3, -0.25) is 18.2 Å². The van der Waals surface area contributed by atoms with Gasteiger partial charge in [-0.25, -0.2) is 36.4 Å². The highest BCUT2D eigenvalue weighted by atomic mass is 32.2. The molecule has 16 nitrogen and oxygen atoms in total. The average molecular weight is 715 g/mol. The van der Waals surface area contributed by atoms with Gasteiger partial charge in [0.25, 0.3) is 31.2 Å². The predicted octanol–water partition coefficient (Wildman–Crippen LogP) is 1.98. The van der Waals surface area contributed by atoms with Gasteiger partial charge in [-0.15, -0.1) is 0 Å². The molecule has 50 heavy (non-hydrogen) atoms. The number of pyridine rings is 2. The molecule has 18 heteroatoms. The van der Waals surface area contributed by atoms with Gasteiger partial charge in [-0.2, -0.15) is 9.13 Å². The molecule has 0 aliphatic carbocycles. The first-order valence-electron chi connectivity index (χ1n) is 14.5. The van der Waals surface area contributed by atoms with Crippen LogP contribution in [0.15, 0.2) is 135 Å². The Morgan fingerprint density at radius 3 is 1.24 bits per heavy atom. The number of benzene rings is 2. The van der Waals surface area contributed by atoms with Crippen molar-refractivity contribution >= 4 is 31.4 Å². The first-order chi connectivity index (χ1) is 23.9. The number of anilines is 2. The quantitative estimate of drug-likeness (QED) is 0.253. The largest absolute Gasteiger partial charge is 0.428 e. The van der Waals surface area contributed by atoms with Crippen LogP contribution in [-0.4, -0.2) is 50.0 Å². The maximum atomic E-state index is 12.9. The van der Waals surface area contributed by atoms with Gasteiger partial charge < -0.3 is 8.83 Å². The summed E-state index contributed by atoms with van der Waals surface area (Å²) in [6.07, 6.45) is 2.83. The molecule has 0 spiro atoms. The Balaban J connectivity index is 0.000000157.